The van der Waals surface area contributed by atoms with Crippen molar-refractivity contribution in [1.29, 1.82) is 0 Å². The topological polar surface area (TPSA) is 74.5 Å². The third-order valence-electron chi connectivity index (χ3n) is 9.22. The molecular formula is C42H53N3O5. The van der Waals surface area contributed by atoms with Crippen LogP contribution in [0.5, 0.6) is 5.75 Å². The molecule has 0 saturated carbocycles. The highest BCUT2D eigenvalue weighted by atomic mass is 16.6. The molecule has 4 aromatic rings. The predicted molar refractivity (Wildman–Crippen MR) is 202 cm³/mol. The first kappa shape index (κ1) is 36.9. The molecule has 1 aliphatic rings. The molecule has 0 N–H and O–H groups in total. The van der Waals surface area contributed by atoms with Gasteiger partial charge in [0.05, 0.1) is 36.7 Å². The van der Waals surface area contributed by atoms with Gasteiger partial charge in [0.15, 0.2) is 6.10 Å². The lowest BCUT2D eigenvalue weighted by atomic mass is 9.92. The summed E-state index contributed by atoms with van der Waals surface area (Å²) in [5, 5.41) is 0. The fourth-order valence-electron chi connectivity index (χ4n) is 6.63. The van der Waals surface area contributed by atoms with Crippen molar-refractivity contribution in [3.63, 3.8) is 0 Å². The minimum Gasteiger partial charge on any atom is -0.490 e. The van der Waals surface area contributed by atoms with Crippen molar-refractivity contribution in [3.05, 3.63) is 96.7 Å². The number of rotatable bonds is 13. The Balaban J connectivity index is 1.64. The number of hydrogen-bond donors (Lipinski definition) is 0. The molecule has 1 unspecified atom stereocenters. The maximum Gasteiger partial charge on any atom is 0.339 e. The fraction of sp³-hybridized carbons (Fsp3) is 0.429. The van der Waals surface area contributed by atoms with Crippen molar-refractivity contribution in [2.45, 2.75) is 91.1 Å². The van der Waals surface area contributed by atoms with Crippen molar-refractivity contribution in [3.8, 4) is 28.1 Å². The summed E-state index contributed by atoms with van der Waals surface area (Å²) < 4.78 is 26.5. The van der Waals surface area contributed by atoms with Gasteiger partial charge in [-0.1, -0.05) is 42.0 Å². The van der Waals surface area contributed by atoms with Crippen LogP contribution in [0.2, 0.25) is 0 Å². The summed E-state index contributed by atoms with van der Waals surface area (Å²) in [4.78, 5) is 20.9. The highest BCUT2D eigenvalue weighted by Crippen LogP contribution is 2.40. The average molecular weight is 680 g/mol. The van der Waals surface area contributed by atoms with Gasteiger partial charge in [0.2, 0.25) is 0 Å². The Bertz CT molecular complexity index is 1840. The molecule has 2 aromatic carbocycles. The number of aryl methyl sites for hydroxylation is 2. The Hall–Kier alpha value is -4.40. The zero-order chi connectivity index (χ0) is 36.2. The number of fused-ring (bicyclic) bond motifs is 1. The number of carbonyl (C=O) groups excluding carboxylic acids is 1. The van der Waals surface area contributed by atoms with E-state index in [9.17, 15) is 4.79 Å². The maximum absolute atomic E-state index is 13.5. The first-order chi connectivity index (χ1) is 23.8. The number of aromatic nitrogens is 2. The molecular weight excluding hydrogens is 626 g/mol. The van der Waals surface area contributed by atoms with Crippen molar-refractivity contribution in [2.75, 3.05) is 31.7 Å². The van der Waals surface area contributed by atoms with Gasteiger partial charge in [0.25, 0.3) is 0 Å². The predicted octanol–water partition coefficient (Wildman–Crippen LogP) is 9.22. The molecule has 5 rings (SSSR count). The van der Waals surface area contributed by atoms with E-state index in [1.165, 1.54) is 7.11 Å². The van der Waals surface area contributed by atoms with E-state index in [4.69, 9.17) is 23.9 Å². The summed E-state index contributed by atoms with van der Waals surface area (Å²) in [6, 6.07) is 16.7. The van der Waals surface area contributed by atoms with Gasteiger partial charge in [-0.05, 0) is 96.7 Å². The Morgan fingerprint density at radius 3 is 2.42 bits per heavy atom. The summed E-state index contributed by atoms with van der Waals surface area (Å²) in [7, 11) is 1.41. The highest BCUT2D eigenvalue weighted by Gasteiger charge is 2.37. The van der Waals surface area contributed by atoms with Crippen LogP contribution in [0.3, 0.4) is 0 Å². The third kappa shape index (κ3) is 8.31. The van der Waals surface area contributed by atoms with Gasteiger partial charge < -0.3 is 23.8 Å². The van der Waals surface area contributed by atoms with Crippen LogP contribution in [-0.2, 0) is 19.0 Å². The molecule has 1 aliphatic heterocycles. The minimum atomic E-state index is -0.929. The molecule has 0 radical (unpaired) electrons. The molecule has 8 heteroatoms. The second-order valence-electron chi connectivity index (χ2n) is 14.6. The van der Waals surface area contributed by atoms with Gasteiger partial charge in [0.1, 0.15) is 17.2 Å². The molecule has 1 saturated heterocycles. The number of benzene rings is 2. The largest absolute Gasteiger partial charge is 0.490 e. The lowest BCUT2D eigenvalue weighted by molar-refractivity contribution is -0.164. The summed E-state index contributed by atoms with van der Waals surface area (Å²) in [6.45, 7) is 23.8. The number of imidazole rings is 1. The SMILES string of the molecule is C=CCOC1(C)CCN(c2c(C(OC(C)(C)C)C(=O)OC)c(C)cc3nc(-c4cccc(-c5cc(C)ccc5O[C@@H](C)CC=C)c4)cn23)CC1. The number of carbonyl (C=O) groups is 1. The molecule has 0 bridgehead atoms. The zero-order valence-corrected chi connectivity index (χ0v) is 31.0. The molecule has 266 valence electrons. The van der Waals surface area contributed by atoms with Gasteiger partial charge in [-0.25, -0.2) is 9.78 Å². The number of nitrogens with zero attached hydrogens (tertiary/aromatic N) is 3. The molecule has 3 heterocycles. The monoisotopic (exact) mass is 679 g/mol. The Morgan fingerprint density at radius 1 is 1.04 bits per heavy atom. The second kappa shape index (κ2) is 15.2. The van der Waals surface area contributed by atoms with E-state index in [2.05, 4.69) is 85.8 Å². The second-order valence-corrected chi connectivity index (χ2v) is 14.6. The lowest BCUT2D eigenvalue weighted by Crippen LogP contribution is -2.45. The van der Waals surface area contributed by atoms with E-state index in [0.717, 1.165) is 88.6 Å². The Morgan fingerprint density at radius 2 is 1.76 bits per heavy atom. The quantitative estimate of drug-likeness (QED) is 0.103. The number of pyridine rings is 1. The number of hydrogen-bond acceptors (Lipinski definition) is 7. The molecule has 50 heavy (non-hydrogen) atoms. The van der Waals surface area contributed by atoms with Crippen LogP contribution in [0.1, 0.15) is 76.7 Å². The zero-order valence-electron chi connectivity index (χ0n) is 31.0. The van der Waals surface area contributed by atoms with Crippen LogP contribution in [0.25, 0.3) is 28.0 Å². The van der Waals surface area contributed by atoms with Crippen molar-refractivity contribution >= 4 is 17.4 Å². The summed E-state index contributed by atoms with van der Waals surface area (Å²) in [5.41, 5.74) is 6.63. The fourth-order valence-corrected chi connectivity index (χ4v) is 6.63. The van der Waals surface area contributed by atoms with Crippen molar-refractivity contribution in [2.24, 2.45) is 0 Å². The van der Waals surface area contributed by atoms with Crippen LogP contribution in [0, 0.1) is 13.8 Å². The highest BCUT2D eigenvalue weighted by molar-refractivity contribution is 5.82. The first-order valence-electron chi connectivity index (χ1n) is 17.5. The lowest BCUT2D eigenvalue weighted by Gasteiger charge is -2.41. The van der Waals surface area contributed by atoms with E-state index in [1.54, 1.807) is 6.08 Å². The van der Waals surface area contributed by atoms with Gasteiger partial charge in [0, 0.05) is 42.4 Å². The summed E-state index contributed by atoms with van der Waals surface area (Å²) in [6.07, 6.45) is 7.21. The number of anilines is 1. The normalized spacial score (nSPS) is 15.8. The van der Waals surface area contributed by atoms with Crippen LogP contribution in [0.15, 0.2) is 80.0 Å². The van der Waals surface area contributed by atoms with Crippen molar-refractivity contribution < 1.29 is 23.7 Å². The smallest absolute Gasteiger partial charge is 0.339 e. The van der Waals surface area contributed by atoms with E-state index in [-0.39, 0.29) is 11.7 Å². The van der Waals surface area contributed by atoms with Gasteiger partial charge in [-0.15, -0.1) is 13.2 Å². The van der Waals surface area contributed by atoms with Crippen LogP contribution in [0.4, 0.5) is 5.82 Å². The minimum absolute atomic E-state index is 0.00344. The number of ether oxygens (including phenoxy) is 4. The van der Waals surface area contributed by atoms with E-state index in [1.807, 2.05) is 45.9 Å². The molecule has 0 amide bonds. The van der Waals surface area contributed by atoms with E-state index >= 15 is 0 Å². The molecule has 2 aromatic heterocycles. The molecule has 1 fully saturated rings. The summed E-state index contributed by atoms with van der Waals surface area (Å²) in [5.74, 6) is 1.28. The summed E-state index contributed by atoms with van der Waals surface area (Å²) >= 11 is 0. The molecule has 0 spiro atoms. The van der Waals surface area contributed by atoms with Crippen LogP contribution in [-0.4, -0.2) is 59.5 Å². The molecule has 2 atom stereocenters. The van der Waals surface area contributed by atoms with Gasteiger partial charge in [-0.2, -0.15) is 0 Å². The standard InChI is InChI=1S/C42H53N3O5/c1-11-14-30(5)49-35-18-17-28(3)24-33(35)31-15-13-16-32(26-31)34-27-45-36(43-34)25-29(4)37(38(40(46)47-10)50-41(6,7)8)39(45)44-21-19-42(9,20-22-44)48-23-12-2/h11-13,15-18,24-27,30,38H,1-2,14,19-23H2,3-10H3/t30-,38?/m0/s1. The van der Waals surface area contributed by atoms with Crippen LogP contribution < -0.4 is 9.64 Å². The third-order valence-corrected chi connectivity index (χ3v) is 9.22. The average Bonchev–Trinajstić information content (AvgIpc) is 3.50. The van der Waals surface area contributed by atoms with Crippen molar-refractivity contribution in [1.82, 2.24) is 9.38 Å². The van der Waals surface area contributed by atoms with Gasteiger partial charge in [-0.3, -0.25) is 4.40 Å². The van der Waals surface area contributed by atoms with Gasteiger partial charge >= 0.3 is 5.97 Å². The maximum atomic E-state index is 13.5. The Labute approximate surface area is 297 Å². The number of piperidine rings is 1. The number of esters is 1. The Kier molecular flexibility index (Phi) is 11.2. The first-order valence-corrected chi connectivity index (χ1v) is 17.5. The van der Waals surface area contributed by atoms with E-state index < -0.39 is 17.7 Å². The number of methoxy groups -OCH3 is 1. The molecule has 0 aliphatic carbocycles. The molecule has 8 nitrogen and oxygen atoms in total. The van der Waals surface area contributed by atoms with Crippen LogP contribution >= 0.6 is 0 Å². The van der Waals surface area contributed by atoms with E-state index in [0.29, 0.717) is 6.61 Å².